The highest BCUT2D eigenvalue weighted by Crippen LogP contribution is 2.26. The fourth-order valence-corrected chi connectivity index (χ4v) is 3.14. The van der Waals surface area contributed by atoms with Crippen molar-refractivity contribution < 1.29 is 9.18 Å². The summed E-state index contributed by atoms with van der Waals surface area (Å²) in [5, 5.41) is 3.37. The molecule has 0 spiro atoms. The maximum atomic E-state index is 13.2. The number of nitrogens with one attached hydrogen (secondary N) is 1. The average molecular weight is 375 g/mol. The van der Waals surface area contributed by atoms with Crippen LogP contribution in [0.5, 0.6) is 0 Å². The van der Waals surface area contributed by atoms with E-state index in [-0.39, 0.29) is 23.1 Å². The van der Waals surface area contributed by atoms with Gasteiger partial charge < -0.3 is 5.32 Å². The first-order valence-corrected chi connectivity index (χ1v) is 9.54. The number of hydrogen-bond donors (Lipinski definition) is 1. The molecule has 0 aliphatic carbocycles. The van der Waals surface area contributed by atoms with Gasteiger partial charge in [-0.05, 0) is 40.8 Å². The lowest BCUT2D eigenvalue weighted by Crippen LogP contribution is -2.16. The molecule has 0 saturated heterocycles. The van der Waals surface area contributed by atoms with E-state index in [9.17, 15) is 9.18 Å². The van der Waals surface area contributed by atoms with E-state index in [4.69, 9.17) is 0 Å². The van der Waals surface area contributed by atoms with Crippen LogP contribution in [0.1, 0.15) is 54.7 Å². The van der Waals surface area contributed by atoms with Gasteiger partial charge in [0.05, 0.1) is 6.04 Å². The minimum Gasteiger partial charge on any atom is -0.378 e. The summed E-state index contributed by atoms with van der Waals surface area (Å²) in [6.45, 7) is 6.46. The Morgan fingerprint density at radius 1 is 0.893 bits per heavy atom. The van der Waals surface area contributed by atoms with E-state index in [1.165, 1.54) is 17.7 Å². The highest BCUT2D eigenvalue weighted by Gasteiger charge is 2.19. The van der Waals surface area contributed by atoms with Crippen molar-refractivity contribution >= 4 is 11.5 Å². The molecule has 3 aromatic rings. The number of halogens is 1. The number of hydrogen-bond acceptors (Lipinski definition) is 2. The van der Waals surface area contributed by atoms with Crippen LogP contribution < -0.4 is 5.32 Å². The molecule has 2 nitrogen and oxygen atoms in total. The molecule has 0 amide bonds. The first-order chi connectivity index (χ1) is 13.3. The van der Waals surface area contributed by atoms with Gasteiger partial charge in [0, 0.05) is 17.7 Å². The van der Waals surface area contributed by atoms with E-state index in [0.29, 0.717) is 12.0 Å². The van der Waals surface area contributed by atoms with Crippen molar-refractivity contribution in [3.05, 3.63) is 101 Å². The molecular formula is C25H26FNO. The largest absolute Gasteiger partial charge is 0.378 e. The zero-order chi connectivity index (χ0) is 20.1. The Kier molecular flexibility index (Phi) is 5.93. The van der Waals surface area contributed by atoms with E-state index < -0.39 is 0 Å². The molecule has 3 aromatic carbocycles. The predicted octanol–water partition coefficient (Wildman–Crippen LogP) is 6.55. The van der Waals surface area contributed by atoms with Crippen LogP contribution in [0.15, 0.2) is 78.9 Å². The summed E-state index contributed by atoms with van der Waals surface area (Å²) >= 11 is 0. The summed E-state index contributed by atoms with van der Waals surface area (Å²) in [7, 11) is 0. The van der Waals surface area contributed by atoms with Crippen LogP contribution in [0.3, 0.4) is 0 Å². The van der Waals surface area contributed by atoms with Crippen molar-refractivity contribution in [2.75, 3.05) is 5.32 Å². The van der Waals surface area contributed by atoms with Crippen LogP contribution in [-0.2, 0) is 5.41 Å². The lowest BCUT2D eigenvalue weighted by molar-refractivity contribution is 0.0976. The Hall–Kier alpha value is -2.94. The molecule has 1 N–H and O–H groups in total. The van der Waals surface area contributed by atoms with Crippen molar-refractivity contribution in [3.63, 3.8) is 0 Å². The van der Waals surface area contributed by atoms with Crippen LogP contribution in [0.4, 0.5) is 10.1 Å². The topological polar surface area (TPSA) is 29.1 Å². The third-order valence-corrected chi connectivity index (χ3v) is 4.85. The number of anilines is 1. The van der Waals surface area contributed by atoms with Gasteiger partial charge in [-0.25, -0.2) is 4.39 Å². The van der Waals surface area contributed by atoms with Gasteiger partial charge >= 0.3 is 0 Å². The Labute approximate surface area is 166 Å². The van der Waals surface area contributed by atoms with Gasteiger partial charge in [0.25, 0.3) is 0 Å². The molecule has 3 rings (SSSR count). The molecule has 28 heavy (non-hydrogen) atoms. The van der Waals surface area contributed by atoms with Gasteiger partial charge in [-0.3, -0.25) is 4.79 Å². The number of carbonyl (C=O) groups is 1. The molecule has 0 aliphatic rings. The van der Waals surface area contributed by atoms with Gasteiger partial charge in [-0.1, -0.05) is 75.4 Å². The van der Waals surface area contributed by atoms with Crippen LogP contribution >= 0.6 is 0 Å². The lowest BCUT2D eigenvalue weighted by Gasteiger charge is -2.21. The van der Waals surface area contributed by atoms with E-state index in [2.05, 4.69) is 26.1 Å². The third kappa shape index (κ3) is 5.07. The third-order valence-electron chi connectivity index (χ3n) is 4.85. The minimum atomic E-state index is -0.281. The number of rotatable bonds is 6. The highest BCUT2D eigenvalue weighted by molar-refractivity contribution is 5.96. The molecule has 144 valence electrons. The smallest absolute Gasteiger partial charge is 0.165 e. The maximum absolute atomic E-state index is 13.2. The zero-order valence-corrected chi connectivity index (χ0v) is 16.6. The fourth-order valence-electron chi connectivity index (χ4n) is 3.14. The fraction of sp³-hybridized carbons (Fsp3) is 0.240. The van der Waals surface area contributed by atoms with Crippen molar-refractivity contribution in [1.29, 1.82) is 0 Å². The molecule has 0 heterocycles. The second-order valence-electron chi connectivity index (χ2n) is 8.07. The minimum absolute atomic E-state index is 0.0539. The normalized spacial score (nSPS) is 12.4. The number of ketones is 1. The van der Waals surface area contributed by atoms with Crippen LogP contribution in [-0.4, -0.2) is 5.78 Å². The molecule has 0 aromatic heterocycles. The SMILES string of the molecule is CC(C)(C)c1ccc(C(=O)C[C@@H](Nc2ccc(F)cc2)c2ccccc2)cc1. The molecule has 3 heteroatoms. The molecule has 0 aliphatic heterocycles. The van der Waals surface area contributed by atoms with Crippen LogP contribution in [0.25, 0.3) is 0 Å². The average Bonchev–Trinajstić information content (AvgIpc) is 2.69. The quantitative estimate of drug-likeness (QED) is 0.495. The second kappa shape index (κ2) is 8.39. The summed E-state index contributed by atoms with van der Waals surface area (Å²) in [6, 6.07) is 23.7. The summed E-state index contributed by atoms with van der Waals surface area (Å²) in [4.78, 5) is 12.9. The Morgan fingerprint density at radius 3 is 2.07 bits per heavy atom. The molecule has 1 atom stereocenters. The molecule has 0 saturated carbocycles. The predicted molar refractivity (Wildman–Crippen MR) is 113 cm³/mol. The first-order valence-electron chi connectivity index (χ1n) is 9.54. The molecule has 0 radical (unpaired) electrons. The van der Waals surface area contributed by atoms with Crippen molar-refractivity contribution in [2.24, 2.45) is 0 Å². The first kappa shape index (κ1) is 19.8. The highest BCUT2D eigenvalue weighted by atomic mass is 19.1. The van der Waals surface area contributed by atoms with Gasteiger partial charge in [-0.15, -0.1) is 0 Å². The number of carbonyl (C=O) groups excluding carboxylic acids is 1. The van der Waals surface area contributed by atoms with Gasteiger partial charge in [-0.2, -0.15) is 0 Å². The number of benzene rings is 3. The molecule has 0 bridgehead atoms. The van der Waals surface area contributed by atoms with Crippen molar-refractivity contribution in [1.82, 2.24) is 0 Å². The number of Topliss-reactive ketones (excluding diaryl/α,β-unsaturated/α-hetero) is 1. The van der Waals surface area contributed by atoms with Crippen LogP contribution in [0.2, 0.25) is 0 Å². The van der Waals surface area contributed by atoms with E-state index >= 15 is 0 Å². The molecule has 0 fully saturated rings. The second-order valence-corrected chi connectivity index (χ2v) is 8.07. The molecule has 0 unspecified atom stereocenters. The Balaban J connectivity index is 1.80. The summed E-state index contributed by atoms with van der Waals surface area (Å²) in [6.07, 6.45) is 0.316. The van der Waals surface area contributed by atoms with Gasteiger partial charge in [0.15, 0.2) is 5.78 Å². The van der Waals surface area contributed by atoms with Gasteiger partial charge in [0.2, 0.25) is 0 Å². The van der Waals surface area contributed by atoms with E-state index in [0.717, 1.165) is 11.3 Å². The maximum Gasteiger partial charge on any atom is 0.165 e. The summed E-state index contributed by atoms with van der Waals surface area (Å²) < 4.78 is 13.2. The Morgan fingerprint density at radius 2 is 1.50 bits per heavy atom. The monoisotopic (exact) mass is 375 g/mol. The van der Waals surface area contributed by atoms with Crippen LogP contribution in [0, 0.1) is 5.82 Å². The lowest BCUT2D eigenvalue weighted by atomic mass is 9.86. The van der Waals surface area contributed by atoms with Crippen molar-refractivity contribution in [2.45, 2.75) is 38.6 Å². The van der Waals surface area contributed by atoms with Crippen molar-refractivity contribution in [3.8, 4) is 0 Å². The van der Waals surface area contributed by atoms with Gasteiger partial charge in [0.1, 0.15) is 5.82 Å². The summed E-state index contributed by atoms with van der Waals surface area (Å²) in [5.41, 5.74) is 3.76. The molecular weight excluding hydrogens is 349 g/mol. The standard InChI is InChI=1S/C25H26FNO/c1-25(2,3)20-11-9-19(10-12-20)24(28)17-23(18-7-5-4-6-8-18)27-22-15-13-21(26)14-16-22/h4-16,23,27H,17H2,1-3H3/t23-/m1/s1. The van der Waals surface area contributed by atoms with E-state index in [1.807, 2.05) is 54.6 Å². The zero-order valence-electron chi connectivity index (χ0n) is 16.6. The Bertz CT molecular complexity index is 910. The summed E-state index contributed by atoms with van der Waals surface area (Å²) in [5.74, 6) is -0.208. The van der Waals surface area contributed by atoms with E-state index in [1.54, 1.807) is 12.1 Å².